The van der Waals surface area contributed by atoms with E-state index in [1.54, 1.807) is 24.3 Å². The number of halogens is 3. The van der Waals surface area contributed by atoms with E-state index in [0.717, 1.165) is 22.7 Å². The summed E-state index contributed by atoms with van der Waals surface area (Å²) in [6, 6.07) is 11.2. The molecule has 3 aromatic rings. The number of rotatable bonds is 4. The lowest BCUT2D eigenvalue weighted by molar-refractivity contribution is -0.137. The third-order valence-electron chi connectivity index (χ3n) is 5.26. The van der Waals surface area contributed by atoms with E-state index in [2.05, 4.69) is 9.97 Å². The molecule has 0 N–H and O–H groups in total. The number of alkyl halides is 3. The number of carbonyl (C=O) groups is 1. The Hall–Kier alpha value is -3.27. The maximum absolute atomic E-state index is 13.3. The standard InChI is InChI=1S/C22H18F3N3O3S/c1-2-32(30,31)19-10-15(14-6-4-3-5-7-14)12-27-20(19)21(29)28-9-8-17-18(28)11-16(13-26-17)22(23,24)25/h3-7,10-13H,2,8-9H2,1H3. The Balaban J connectivity index is 1.80. The van der Waals surface area contributed by atoms with Crippen molar-refractivity contribution in [1.82, 2.24) is 9.97 Å². The van der Waals surface area contributed by atoms with Crippen molar-refractivity contribution in [3.63, 3.8) is 0 Å². The summed E-state index contributed by atoms with van der Waals surface area (Å²) in [5, 5.41) is 0. The number of hydrogen-bond acceptors (Lipinski definition) is 5. The number of fused-ring (bicyclic) bond motifs is 1. The number of carbonyl (C=O) groups excluding carboxylic acids is 1. The van der Waals surface area contributed by atoms with Crippen molar-refractivity contribution in [2.45, 2.75) is 24.4 Å². The Morgan fingerprint density at radius 1 is 1.06 bits per heavy atom. The highest BCUT2D eigenvalue weighted by molar-refractivity contribution is 7.91. The van der Waals surface area contributed by atoms with Gasteiger partial charge in [0.05, 0.1) is 27.6 Å². The molecule has 1 amide bonds. The first-order valence-electron chi connectivity index (χ1n) is 9.78. The van der Waals surface area contributed by atoms with Gasteiger partial charge in [-0.2, -0.15) is 13.2 Å². The van der Waals surface area contributed by atoms with Crippen molar-refractivity contribution in [3.8, 4) is 11.1 Å². The third kappa shape index (κ3) is 3.97. The summed E-state index contributed by atoms with van der Waals surface area (Å²) >= 11 is 0. The van der Waals surface area contributed by atoms with E-state index < -0.39 is 27.5 Å². The summed E-state index contributed by atoms with van der Waals surface area (Å²) in [7, 11) is -3.85. The molecule has 0 fully saturated rings. The molecule has 0 saturated carbocycles. The number of nitrogens with zero attached hydrogens (tertiary/aromatic N) is 3. The predicted molar refractivity (Wildman–Crippen MR) is 112 cm³/mol. The second-order valence-corrected chi connectivity index (χ2v) is 9.48. The van der Waals surface area contributed by atoms with E-state index >= 15 is 0 Å². The van der Waals surface area contributed by atoms with Crippen LogP contribution in [0, 0.1) is 0 Å². The van der Waals surface area contributed by atoms with Gasteiger partial charge in [-0.1, -0.05) is 37.3 Å². The Morgan fingerprint density at radius 2 is 1.78 bits per heavy atom. The number of pyridine rings is 2. The second kappa shape index (κ2) is 8.01. The van der Waals surface area contributed by atoms with Crippen molar-refractivity contribution in [1.29, 1.82) is 0 Å². The highest BCUT2D eigenvalue weighted by atomic mass is 32.2. The largest absolute Gasteiger partial charge is 0.417 e. The first-order chi connectivity index (χ1) is 15.1. The van der Waals surface area contributed by atoms with Gasteiger partial charge in [-0.25, -0.2) is 13.4 Å². The molecular formula is C22H18F3N3O3S. The van der Waals surface area contributed by atoms with E-state index in [4.69, 9.17) is 0 Å². The summed E-state index contributed by atoms with van der Waals surface area (Å²) < 4.78 is 65.0. The molecule has 0 spiro atoms. The maximum atomic E-state index is 13.3. The van der Waals surface area contributed by atoms with Crippen LogP contribution in [-0.4, -0.2) is 36.6 Å². The monoisotopic (exact) mass is 461 g/mol. The smallest absolute Gasteiger partial charge is 0.305 e. The van der Waals surface area contributed by atoms with Gasteiger partial charge in [-0.15, -0.1) is 0 Å². The summed E-state index contributed by atoms with van der Waals surface area (Å²) in [6.45, 7) is 1.53. The third-order valence-corrected chi connectivity index (χ3v) is 7.00. The topological polar surface area (TPSA) is 80.2 Å². The number of sulfone groups is 1. The molecule has 3 heterocycles. The number of amides is 1. The maximum Gasteiger partial charge on any atom is 0.417 e. The van der Waals surface area contributed by atoms with Crippen molar-refractivity contribution >= 4 is 21.4 Å². The van der Waals surface area contributed by atoms with Crippen LogP contribution in [0.1, 0.15) is 28.7 Å². The molecule has 1 aliphatic rings. The highest BCUT2D eigenvalue weighted by Gasteiger charge is 2.36. The minimum atomic E-state index is -4.62. The van der Waals surface area contributed by atoms with Gasteiger partial charge in [-0.3, -0.25) is 9.78 Å². The molecule has 10 heteroatoms. The molecule has 6 nitrogen and oxygen atoms in total. The molecule has 1 aromatic carbocycles. The molecule has 0 atom stereocenters. The van der Waals surface area contributed by atoms with Crippen molar-refractivity contribution in [3.05, 3.63) is 71.8 Å². The van der Waals surface area contributed by atoms with Crippen LogP contribution in [0.2, 0.25) is 0 Å². The molecule has 2 aromatic heterocycles. The van der Waals surface area contributed by atoms with Crippen LogP contribution in [0.25, 0.3) is 11.1 Å². The minimum Gasteiger partial charge on any atom is -0.305 e. The van der Waals surface area contributed by atoms with Crippen LogP contribution < -0.4 is 4.90 Å². The quantitative estimate of drug-likeness (QED) is 0.583. The van der Waals surface area contributed by atoms with Crippen LogP contribution in [-0.2, 0) is 22.4 Å². The Labute approximate surface area is 182 Å². The van der Waals surface area contributed by atoms with Gasteiger partial charge < -0.3 is 4.90 Å². The molecule has 0 saturated heterocycles. The predicted octanol–water partition coefficient (Wildman–Crippen LogP) is 4.16. The Morgan fingerprint density at radius 3 is 2.44 bits per heavy atom. The van der Waals surface area contributed by atoms with Crippen LogP contribution in [0.15, 0.2) is 59.8 Å². The normalized spacial score (nSPS) is 13.8. The number of benzene rings is 1. The van der Waals surface area contributed by atoms with E-state index in [9.17, 15) is 26.4 Å². The minimum absolute atomic E-state index is 0.0126. The molecule has 0 bridgehead atoms. The summed E-state index contributed by atoms with van der Waals surface area (Å²) in [5.74, 6) is -1.04. The molecular weight excluding hydrogens is 443 g/mol. The highest BCUT2D eigenvalue weighted by Crippen LogP contribution is 2.36. The number of hydrogen-bond donors (Lipinski definition) is 0. The Kier molecular flexibility index (Phi) is 5.49. The molecule has 0 unspecified atom stereocenters. The van der Waals surface area contributed by atoms with E-state index in [1.165, 1.54) is 19.2 Å². The van der Waals surface area contributed by atoms with E-state index in [1.807, 2.05) is 6.07 Å². The lowest BCUT2D eigenvalue weighted by atomic mass is 10.1. The van der Waals surface area contributed by atoms with Gasteiger partial charge in [0.2, 0.25) is 0 Å². The Bertz CT molecular complexity index is 1290. The average Bonchev–Trinajstić information content (AvgIpc) is 3.21. The molecule has 0 aliphatic carbocycles. The lowest BCUT2D eigenvalue weighted by Crippen LogP contribution is -2.31. The van der Waals surface area contributed by atoms with Gasteiger partial charge >= 0.3 is 6.18 Å². The molecule has 1 aliphatic heterocycles. The van der Waals surface area contributed by atoms with Gasteiger partial charge in [0, 0.05) is 30.9 Å². The van der Waals surface area contributed by atoms with Gasteiger partial charge in [0.1, 0.15) is 5.69 Å². The first kappa shape index (κ1) is 21.9. The first-order valence-corrected chi connectivity index (χ1v) is 11.4. The van der Waals surface area contributed by atoms with Crippen LogP contribution in [0.5, 0.6) is 0 Å². The van der Waals surface area contributed by atoms with Crippen molar-refractivity contribution in [2.75, 3.05) is 17.2 Å². The zero-order valence-corrected chi connectivity index (χ0v) is 17.7. The zero-order valence-electron chi connectivity index (χ0n) is 16.9. The summed E-state index contributed by atoms with van der Waals surface area (Å²) in [6.07, 6.45) is -2.24. The molecule has 4 rings (SSSR count). The number of aromatic nitrogens is 2. The van der Waals surface area contributed by atoms with Crippen LogP contribution in [0.3, 0.4) is 0 Å². The SMILES string of the molecule is CCS(=O)(=O)c1cc(-c2ccccc2)cnc1C(=O)N1CCc2ncc(C(F)(F)F)cc21. The van der Waals surface area contributed by atoms with E-state index in [-0.39, 0.29) is 35.0 Å². The van der Waals surface area contributed by atoms with Gasteiger partial charge in [0.25, 0.3) is 5.91 Å². The molecule has 166 valence electrons. The van der Waals surface area contributed by atoms with Crippen molar-refractivity contribution < 1.29 is 26.4 Å². The van der Waals surface area contributed by atoms with Crippen molar-refractivity contribution in [2.24, 2.45) is 0 Å². The summed E-state index contributed by atoms with van der Waals surface area (Å²) in [4.78, 5) is 22.1. The van der Waals surface area contributed by atoms with Gasteiger partial charge in [-0.05, 0) is 17.7 Å². The molecule has 32 heavy (non-hydrogen) atoms. The fourth-order valence-corrected chi connectivity index (χ4v) is 4.58. The average molecular weight is 461 g/mol. The lowest BCUT2D eigenvalue weighted by Gasteiger charge is -2.19. The van der Waals surface area contributed by atoms with Crippen LogP contribution >= 0.6 is 0 Å². The second-order valence-electron chi connectivity index (χ2n) is 7.23. The van der Waals surface area contributed by atoms with Crippen LogP contribution in [0.4, 0.5) is 18.9 Å². The van der Waals surface area contributed by atoms with E-state index in [0.29, 0.717) is 11.3 Å². The molecule has 0 radical (unpaired) electrons. The fourth-order valence-electron chi connectivity index (χ4n) is 3.53. The van der Waals surface area contributed by atoms with Gasteiger partial charge in [0.15, 0.2) is 9.84 Å². The zero-order chi connectivity index (χ0) is 23.1. The summed E-state index contributed by atoms with van der Waals surface area (Å²) in [5.41, 5.74) is 0.279. The fraction of sp³-hybridized carbons (Fsp3) is 0.227. The number of anilines is 1.